The minimum atomic E-state index is -1.23. The molecule has 78 valence electrons. The van der Waals surface area contributed by atoms with Gasteiger partial charge in [-0.15, -0.1) is 0 Å². The van der Waals surface area contributed by atoms with Crippen LogP contribution in [-0.4, -0.2) is 12.6 Å². The Morgan fingerprint density at radius 2 is 2.20 bits per heavy atom. The van der Waals surface area contributed by atoms with Crippen molar-refractivity contribution in [1.29, 1.82) is 0 Å². The van der Waals surface area contributed by atoms with Crippen LogP contribution >= 0.6 is 0 Å². The van der Waals surface area contributed by atoms with Crippen LogP contribution in [0.1, 0.15) is 5.56 Å². The summed E-state index contributed by atoms with van der Waals surface area (Å²) in [6, 6.07) is 7.14. The molecule has 0 atom stereocenters. The van der Waals surface area contributed by atoms with Gasteiger partial charge in [0, 0.05) is 5.56 Å². The summed E-state index contributed by atoms with van der Waals surface area (Å²) in [5.74, 6) is -0.608. The van der Waals surface area contributed by atoms with Gasteiger partial charge in [-0.2, -0.15) is 0 Å². The molecule has 0 aliphatic rings. The molecule has 0 amide bonds. The van der Waals surface area contributed by atoms with Gasteiger partial charge in [0.05, 0.1) is 5.97 Å². The molecule has 0 bridgehead atoms. The van der Waals surface area contributed by atoms with E-state index < -0.39 is 5.97 Å². The summed E-state index contributed by atoms with van der Waals surface area (Å²) in [7, 11) is 0. The molecule has 0 saturated carbocycles. The third kappa shape index (κ3) is 3.68. The van der Waals surface area contributed by atoms with Gasteiger partial charge in [0.1, 0.15) is 12.4 Å². The van der Waals surface area contributed by atoms with Crippen LogP contribution in [0.15, 0.2) is 43.0 Å². The van der Waals surface area contributed by atoms with E-state index in [0.717, 1.165) is 6.08 Å². The molecule has 0 fully saturated rings. The fourth-order valence-electron chi connectivity index (χ4n) is 1.06. The molecule has 3 nitrogen and oxygen atoms in total. The molecule has 3 heteroatoms. The van der Waals surface area contributed by atoms with Gasteiger partial charge in [-0.3, -0.25) is 0 Å². The predicted molar refractivity (Wildman–Crippen MR) is 56.2 cm³/mol. The monoisotopic (exact) mass is 203 g/mol. The Kier molecular flexibility index (Phi) is 4.16. The molecule has 0 N–H and O–H groups in total. The smallest absolute Gasteiger partial charge is 0.126 e. The molecule has 0 unspecified atom stereocenters. The number of hydrogen-bond acceptors (Lipinski definition) is 3. The summed E-state index contributed by atoms with van der Waals surface area (Å²) >= 11 is 0. The minimum Gasteiger partial charge on any atom is -0.545 e. The Hall–Kier alpha value is -2.03. The maximum Gasteiger partial charge on any atom is 0.126 e. The van der Waals surface area contributed by atoms with E-state index in [1.807, 2.05) is 6.07 Å². The molecular formula is C12H11O3-. The van der Waals surface area contributed by atoms with Crippen molar-refractivity contribution in [3.8, 4) is 5.75 Å². The number of benzene rings is 1. The predicted octanol–water partition coefficient (Wildman–Crippen LogP) is 1.01. The number of carbonyl (C=O) groups is 1. The highest BCUT2D eigenvalue weighted by Crippen LogP contribution is 2.19. The fraction of sp³-hybridized carbons (Fsp3) is 0.0833. The molecule has 1 aromatic rings. The van der Waals surface area contributed by atoms with E-state index in [4.69, 9.17) is 4.74 Å². The Morgan fingerprint density at radius 3 is 2.87 bits per heavy atom. The topological polar surface area (TPSA) is 49.4 Å². The van der Waals surface area contributed by atoms with Crippen molar-refractivity contribution in [3.05, 3.63) is 48.6 Å². The number of carbonyl (C=O) groups excluding carboxylic acids is 1. The fourth-order valence-corrected chi connectivity index (χ4v) is 1.06. The first-order chi connectivity index (χ1) is 7.24. The van der Waals surface area contributed by atoms with E-state index in [9.17, 15) is 9.90 Å². The molecule has 0 heterocycles. The van der Waals surface area contributed by atoms with E-state index in [2.05, 4.69) is 6.58 Å². The average molecular weight is 203 g/mol. The molecular weight excluding hydrogens is 192 g/mol. The van der Waals surface area contributed by atoms with E-state index in [1.165, 1.54) is 6.08 Å². The number of carboxylic acid groups (broad SMARTS) is 1. The first kappa shape index (κ1) is 11.0. The lowest BCUT2D eigenvalue weighted by Crippen LogP contribution is -2.18. The lowest BCUT2D eigenvalue weighted by atomic mass is 10.2. The third-order valence-corrected chi connectivity index (χ3v) is 1.67. The number of para-hydroxylation sites is 1. The van der Waals surface area contributed by atoms with Crippen LogP contribution in [0.25, 0.3) is 6.08 Å². The first-order valence-electron chi connectivity index (χ1n) is 4.46. The zero-order valence-corrected chi connectivity index (χ0v) is 8.18. The third-order valence-electron chi connectivity index (χ3n) is 1.67. The zero-order chi connectivity index (χ0) is 11.1. The summed E-state index contributed by atoms with van der Waals surface area (Å²) in [5, 5.41) is 10.2. The van der Waals surface area contributed by atoms with E-state index in [-0.39, 0.29) is 0 Å². The van der Waals surface area contributed by atoms with Crippen molar-refractivity contribution < 1.29 is 14.6 Å². The summed E-state index contributed by atoms with van der Waals surface area (Å²) in [6.45, 7) is 3.92. The van der Waals surface area contributed by atoms with Crippen LogP contribution in [0.2, 0.25) is 0 Å². The van der Waals surface area contributed by atoms with E-state index in [1.54, 1.807) is 24.3 Å². The van der Waals surface area contributed by atoms with Crippen LogP contribution in [-0.2, 0) is 4.79 Å². The van der Waals surface area contributed by atoms with Gasteiger partial charge < -0.3 is 14.6 Å². The minimum absolute atomic E-state index is 0.385. The van der Waals surface area contributed by atoms with Crippen molar-refractivity contribution in [1.82, 2.24) is 0 Å². The summed E-state index contributed by atoms with van der Waals surface area (Å²) < 4.78 is 5.34. The highest BCUT2D eigenvalue weighted by molar-refractivity contribution is 5.84. The van der Waals surface area contributed by atoms with Crippen molar-refractivity contribution in [3.63, 3.8) is 0 Å². The second-order valence-corrected chi connectivity index (χ2v) is 2.79. The van der Waals surface area contributed by atoms with Crippen LogP contribution in [0.3, 0.4) is 0 Å². The Morgan fingerprint density at radius 1 is 1.47 bits per heavy atom. The largest absolute Gasteiger partial charge is 0.545 e. The van der Waals surface area contributed by atoms with Gasteiger partial charge in [-0.25, -0.2) is 0 Å². The standard InChI is InChI=1S/C12H12O3/c1-2-9-15-11-6-4-3-5-10(11)7-8-12(13)14/h2-8H,1,9H2,(H,13,14)/p-1/b8-7+. The maximum atomic E-state index is 10.2. The van der Waals surface area contributed by atoms with E-state index in [0.29, 0.717) is 17.9 Å². The molecule has 0 aromatic heterocycles. The van der Waals surface area contributed by atoms with Crippen molar-refractivity contribution in [2.45, 2.75) is 0 Å². The molecule has 1 aromatic carbocycles. The van der Waals surface area contributed by atoms with Crippen LogP contribution < -0.4 is 9.84 Å². The number of aliphatic carboxylic acids is 1. The summed E-state index contributed by atoms with van der Waals surface area (Å²) in [4.78, 5) is 10.2. The molecule has 0 saturated heterocycles. The Labute approximate surface area is 88.3 Å². The van der Waals surface area contributed by atoms with Gasteiger partial charge in [0.15, 0.2) is 0 Å². The van der Waals surface area contributed by atoms with Crippen molar-refractivity contribution >= 4 is 12.0 Å². The number of carboxylic acids is 1. The summed E-state index contributed by atoms with van der Waals surface area (Å²) in [6.07, 6.45) is 4.03. The molecule has 1 rings (SSSR count). The van der Waals surface area contributed by atoms with Crippen LogP contribution in [0.5, 0.6) is 5.75 Å². The average Bonchev–Trinajstić information content (AvgIpc) is 2.24. The number of rotatable bonds is 5. The Balaban J connectivity index is 2.85. The molecule has 0 aliphatic carbocycles. The first-order valence-corrected chi connectivity index (χ1v) is 4.46. The van der Waals surface area contributed by atoms with Gasteiger partial charge in [0.25, 0.3) is 0 Å². The van der Waals surface area contributed by atoms with E-state index >= 15 is 0 Å². The van der Waals surface area contributed by atoms with Crippen LogP contribution in [0, 0.1) is 0 Å². The molecule has 0 aliphatic heterocycles. The lowest BCUT2D eigenvalue weighted by Gasteiger charge is -2.06. The number of ether oxygens (including phenoxy) is 1. The van der Waals surface area contributed by atoms with Crippen molar-refractivity contribution in [2.24, 2.45) is 0 Å². The maximum absolute atomic E-state index is 10.2. The second kappa shape index (κ2) is 5.65. The van der Waals surface area contributed by atoms with Gasteiger partial charge in [-0.05, 0) is 18.2 Å². The highest BCUT2D eigenvalue weighted by Gasteiger charge is 1.97. The van der Waals surface area contributed by atoms with Gasteiger partial charge in [0.2, 0.25) is 0 Å². The summed E-state index contributed by atoms with van der Waals surface area (Å²) in [5.41, 5.74) is 0.698. The van der Waals surface area contributed by atoms with Crippen LogP contribution in [0.4, 0.5) is 0 Å². The SMILES string of the molecule is C=CCOc1ccccc1/C=C/C(=O)[O-]. The number of hydrogen-bond donors (Lipinski definition) is 0. The Bertz CT molecular complexity index is 380. The normalized spacial score (nSPS) is 10.1. The molecule has 15 heavy (non-hydrogen) atoms. The molecule has 0 spiro atoms. The second-order valence-electron chi connectivity index (χ2n) is 2.79. The molecule has 0 radical (unpaired) electrons. The van der Waals surface area contributed by atoms with Gasteiger partial charge in [-0.1, -0.05) is 30.9 Å². The van der Waals surface area contributed by atoms with Gasteiger partial charge >= 0.3 is 0 Å². The zero-order valence-electron chi connectivity index (χ0n) is 8.18. The highest BCUT2D eigenvalue weighted by atomic mass is 16.5. The van der Waals surface area contributed by atoms with Crippen molar-refractivity contribution in [2.75, 3.05) is 6.61 Å². The lowest BCUT2D eigenvalue weighted by molar-refractivity contribution is -0.297. The quantitative estimate of drug-likeness (QED) is 0.530.